The first kappa shape index (κ1) is 15.1. The van der Waals surface area contributed by atoms with E-state index in [0.29, 0.717) is 12.3 Å². The SMILES string of the molecule is COc1c(C(C)C)ccc2c3c(ccc12)C(C)(C)CCC3=O. The molecule has 2 heteroatoms. The van der Waals surface area contributed by atoms with Gasteiger partial charge >= 0.3 is 0 Å². The van der Waals surface area contributed by atoms with Crippen LogP contribution in [0.3, 0.4) is 0 Å². The van der Waals surface area contributed by atoms with Crippen LogP contribution in [0.4, 0.5) is 0 Å². The fourth-order valence-corrected chi connectivity index (χ4v) is 3.63. The van der Waals surface area contributed by atoms with E-state index in [2.05, 4.69) is 52.0 Å². The lowest BCUT2D eigenvalue weighted by Crippen LogP contribution is -2.27. The summed E-state index contributed by atoms with van der Waals surface area (Å²) in [5, 5.41) is 2.09. The van der Waals surface area contributed by atoms with Crippen molar-refractivity contribution < 1.29 is 9.53 Å². The summed E-state index contributed by atoms with van der Waals surface area (Å²) in [7, 11) is 1.71. The van der Waals surface area contributed by atoms with E-state index >= 15 is 0 Å². The van der Waals surface area contributed by atoms with E-state index in [9.17, 15) is 4.79 Å². The van der Waals surface area contributed by atoms with E-state index in [-0.39, 0.29) is 11.2 Å². The Morgan fingerprint density at radius 1 is 1.09 bits per heavy atom. The highest BCUT2D eigenvalue weighted by molar-refractivity contribution is 6.12. The minimum absolute atomic E-state index is 0.0569. The van der Waals surface area contributed by atoms with E-state index in [1.54, 1.807) is 7.11 Å². The van der Waals surface area contributed by atoms with Crippen LogP contribution in [0.25, 0.3) is 10.8 Å². The molecular weight excluding hydrogens is 272 g/mol. The molecule has 22 heavy (non-hydrogen) atoms. The molecule has 1 aliphatic rings. The van der Waals surface area contributed by atoms with Crippen LogP contribution in [0, 0.1) is 0 Å². The van der Waals surface area contributed by atoms with Gasteiger partial charge < -0.3 is 4.74 Å². The molecule has 0 aromatic heterocycles. The highest BCUT2D eigenvalue weighted by Gasteiger charge is 2.33. The van der Waals surface area contributed by atoms with Gasteiger partial charge in [0.15, 0.2) is 5.78 Å². The normalized spacial score (nSPS) is 16.9. The fourth-order valence-electron chi connectivity index (χ4n) is 3.63. The molecule has 0 saturated heterocycles. The maximum Gasteiger partial charge on any atom is 0.163 e. The molecule has 116 valence electrons. The van der Waals surface area contributed by atoms with Crippen molar-refractivity contribution in [3.63, 3.8) is 0 Å². The maximum atomic E-state index is 12.6. The molecule has 0 aliphatic heterocycles. The molecule has 0 N–H and O–H groups in total. The topological polar surface area (TPSA) is 26.3 Å². The number of ketones is 1. The molecule has 3 rings (SSSR count). The van der Waals surface area contributed by atoms with Gasteiger partial charge in [-0.05, 0) is 34.3 Å². The Morgan fingerprint density at radius 2 is 1.77 bits per heavy atom. The van der Waals surface area contributed by atoms with Gasteiger partial charge in [-0.25, -0.2) is 0 Å². The van der Waals surface area contributed by atoms with Crippen molar-refractivity contribution in [1.82, 2.24) is 0 Å². The zero-order valence-corrected chi connectivity index (χ0v) is 14.1. The third kappa shape index (κ3) is 2.13. The minimum Gasteiger partial charge on any atom is -0.496 e. The summed E-state index contributed by atoms with van der Waals surface area (Å²) in [6, 6.07) is 8.47. The summed E-state index contributed by atoms with van der Waals surface area (Å²) < 4.78 is 5.69. The van der Waals surface area contributed by atoms with E-state index in [1.807, 2.05) is 0 Å². The molecule has 2 aromatic rings. The molecule has 0 unspecified atom stereocenters. The molecule has 2 aromatic carbocycles. The lowest BCUT2D eigenvalue weighted by Gasteiger charge is -2.32. The zero-order valence-electron chi connectivity index (χ0n) is 14.1. The van der Waals surface area contributed by atoms with Crippen LogP contribution in [-0.4, -0.2) is 12.9 Å². The Hall–Kier alpha value is -1.83. The summed E-state index contributed by atoms with van der Waals surface area (Å²) in [5.74, 6) is 1.56. The van der Waals surface area contributed by atoms with E-state index < -0.39 is 0 Å². The standard InChI is InChI=1S/C20H24O2/c1-12(2)13-6-7-14-15(19(13)22-5)8-9-16-18(14)17(21)10-11-20(16,3)4/h6-9,12H,10-11H2,1-5H3. The van der Waals surface area contributed by atoms with Gasteiger partial charge in [-0.3, -0.25) is 4.79 Å². The van der Waals surface area contributed by atoms with Crippen molar-refractivity contribution >= 4 is 16.6 Å². The van der Waals surface area contributed by atoms with Crippen LogP contribution < -0.4 is 4.74 Å². The number of methoxy groups -OCH3 is 1. The molecule has 0 atom stereocenters. The summed E-state index contributed by atoms with van der Waals surface area (Å²) in [6.07, 6.45) is 1.55. The lowest BCUT2D eigenvalue weighted by molar-refractivity contribution is 0.0958. The third-order valence-electron chi connectivity index (χ3n) is 4.99. The average molecular weight is 296 g/mol. The van der Waals surface area contributed by atoms with Gasteiger partial charge in [-0.15, -0.1) is 0 Å². The fraction of sp³-hybridized carbons (Fsp3) is 0.450. The van der Waals surface area contributed by atoms with Gasteiger partial charge in [-0.1, -0.05) is 52.0 Å². The number of fused-ring (bicyclic) bond motifs is 3. The molecule has 0 spiro atoms. The predicted molar refractivity (Wildman–Crippen MR) is 91.2 cm³/mol. The molecule has 0 saturated carbocycles. The van der Waals surface area contributed by atoms with Crippen molar-refractivity contribution in [2.24, 2.45) is 0 Å². The largest absolute Gasteiger partial charge is 0.496 e. The van der Waals surface area contributed by atoms with Crippen molar-refractivity contribution in [3.8, 4) is 5.75 Å². The lowest BCUT2D eigenvalue weighted by atomic mass is 9.71. The second-order valence-electron chi connectivity index (χ2n) is 7.23. The summed E-state index contributed by atoms with van der Waals surface area (Å²) in [5.41, 5.74) is 3.33. The minimum atomic E-state index is 0.0569. The monoisotopic (exact) mass is 296 g/mol. The van der Waals surface area contributed by atoms with Crippen LogP contribution in [-0.2, 0) is 5.41 Å². The second-order valence-corrected chi connectivity index (χ2v) is 7.23. The molecule has 0 fully saturated rings. The van der Waals surface area contributed by atoms with Crippen molar-refractivity contribution in [2.75, 3.05) is 7.11 Å². The highest BCUT2D eigenvalue weighted by atomic mass is 16.5. The van der Waals surface area contributed by atoms with Crippen LogP contribution in [0.1, 0.15) is 67.9 Å². The number of carbonyl (C=O) groups excluding carboxylic acids is 1. The van der Waals surface area contributed by atoms with Crippen LogP contribution >= 0.6 is 0 Å². The average Bonchev–Trinajstić information content (AvgIpc) is 2.49. The smallest absolute Gasteiger partial charge is 0.163 e. The van der Waals surface area contributed by atoms with Gasteiger partial charge in [0.05, 0.1) is 7.11 Å². The maximum absolute atomic E-state index is 12.6. The summed E-state index contributed by atoms with van der Waals surface area (Å²) in [4.78, 5) is 12.6. The van der Waals surface area contributed by atoms with Crippen LogP contribution in [0.2, 0.25) is 0 Å². The van der Waals surface area contributed by atoms with E-state index in [1.165, 1.54) is 11.1 Å². The molecule has 0 amide bonds. The Balaban J connectivity index is 2.38. The Morgan fingerprint density at radius 3 is 2.41 bits per heavy atom. The predicted octanol–water partition coefficient (Wildman–Crippen LogP) is 5.23. The molecule has 1 aliphatic carbocycles. The quantitative estimate of drug-likeness (QED) is 0.759. The summed E-state index contributed by atoms with van der Waals surface area (Å²) in [6.45, 7) is 8.78. The number of hydrogen-bond donors (Lipinski definition) is 0. The van der Waals surface area contributed by atoms with Gasteiger partial charge in [0.2, 0.25) is 0 Å². The highest BCUT2D eigenvalue weighted by Crippen LogP contribution is 2.43. The number of rotatable bonds is 2. The number of benzene rings is 2. The van der Waals surface area contributed by atoms with Crippen molar-refractivity contribution in [1.29, 1.82) is 0 Å². The molecule has 2 nitrogen and oxygen atoms in total. The zero-order chi connectivity index (χ0) is 16.1. The Labute approximate surface area is 132 Å². The van der Waals surface area contributed by atoms with E-state index in [4.69, 9.17) is 4.74 Å². The first-order valence-corrected chi connectivity index (χ1v) is 8.04. The summed E-state index contributed by atoms with van der Waals surface area (Å²) >= 11 is 0. The third-order valence-corrected chi connectivity index (χ3v) is 4.99. The van der Waals surface area contributed by atoms with Gasteiger partial charge in [0, 0.05) is 17.4 Å². The number of ether oxygens (including phenoxy) is 1. The second kappa shape index (κ2) is 5.12. The molecule has 0 bridgehead atoms. The van der Waals surface area contributed by atoms with Crippen LogP contribution in [0.15, 0.2) is 24.3 Å². The molecule has 0 heterocycles. The van der Waals surface area contributed by atoms with Gasteiger partial charge in [0.25, 0.3) is 0 Å². The number of carbonyl (C=O) groups is 1. The van der Waals surface area contributed by atoms with E-state index in [0.717, 1.165) is 28.5 Å². The van der Waals surface area contributed by atoms with Crippen molar-refractivity contribution in [3.05, 3.63) is 41.0 Å². The Bertz CT molecular complexity index is 754. The molecule has 0 radical (unpaired) electrons. The van der Waals surface area contributed by atoms with Crippen molar-refractivity contribution in [2.45, 2.75) is 51.9 Å². The Kier molecular flexibility index (Phi) is 3.51. The number of Topliss-reactive ketones (excluding diaryl/α,β-unsaturated/α-hetero) is 1. The first-order valence-electron chi connectivity index (χ1n) is 8.04. The van der Waals surface area contributed by atoms with Crippen LogP contribution in [0.5, 0.6) is 5.75 Å². The van der Waals surface area contributed by atoms with Gasteiger partial charge in [0.1, 0.15) is 5.75 Å². The molecular formula is C20H24O2. The van der Waals surface area contributed by atoms with Gasteiger partial charge in [-0.2, -0.15) is 0 Å². The first-order chi connectivity index (χ1) is 10.4. The number of hydrogen-bond acceptors (Lipinski definition) is 2.